The molecule has 5 nitrogen and oxygen atoms in total. The number of amides is 1. The highest BCUT2D eigenvalue weighted by Gasteiger charge is 2.41. The maximum Gasteiger partial charge on any atom is 0.276 e. The van der Waals surface area contributed by atoms with Crippen molar-refractivity contribution in [1.82, 2.24) is 20.0 Å². The molecule has 2 fully saturated rings. The predicted octanol–water partition coefficient (Wildman–Crippen LogP) is 0.640. The third-order valence-electron chi connectivity index (χ3n) is 2.85. The average Bonchev–Trinajstić information content (AvgIpc) is 2.96. The zero-order valence-corrected chi connectivity index (χ0v) is 10.2. The number of carbonyl (C=O) groups excluding carboxylic acids is 1. The molecule has 1 amide bonds. The molecule has 17 heavy (non-hydrogen) atoms. The fourth-order valence-electron chi connectivity index (χ4n) is 1.87. The van der Waals surface area contributed by atoms with Gasteiger partial charge in [0.05, 0.1) is 5.69 Å². The summed E-state index contributed by atoms with van der Waals surface area (Å²) in [5, 5.41) is 7.67. The van der Waals surface area contributed by atoms with Gasteiger partial charge in [-0.25, -0.2) is 0 Å². The Hall–Kier alpha value is -1.69. The number of rotatable bonds is 2. The van der Waals surface area contributed by atoms with Gasteiger partial charge in [-0.1, -0.05) is 0 Å². The van der Waals surface area contributed by atoms with Crippen LogP contribution in [0.1, 0.15) is 18.5 Å². The monoisotopic (exact) mass is 248 g/mol. The molecule has 0 aromatic carbocycles. The lowest BCUT2D eigenvalue weighted by atomic mass is 10.3. The molecule has 1 saturated heterocycles. The number of hydrogen-bond donors (Lipinski definition) is 1. The van der Waals surface area contributed by atoms with E-state index >= 15 is 0 Å². The smallest absolute Gasteiger partial charge is 0.276 e. The first-order valence-corrected chi connectivity index (χ1v) is 5.92. The van der Waals surface area contributed by atoms with Crippen LogP contribution in [-0.4, -0.2) is 31.7 Å². The number of aromatic nitrogens is 2. The van der Waals surface area contributed by atoms with Crippen LogP contribution in [-0.2, 0) is 11.8 Å². The summed E-state index contributed by atoms with van der Waals surface area (Å²) in [6.45, 7) is 0. The van der Waals surface area contributed by atoms with Crippen molar-refractivity contribution in [2.75, 3.05) is 0 Å². The molecule has 0 spiro atoms. The molecule has 2 heterocycles. The van der Waals surface area contributed by atoms with Crippen LogP contribution in [0.5, 0.6) is 0 Å². The van der Waals surface area contributed by atoms with Gasteiger partial charge in [-0.05, 0) is 37.2 Å². The van der Waals surface area contributed by atoms with Gasteiger partial charge in [0.25, 0.3) is 5.91 Å². The Labute approximate surface area is 104 Å². The lowest BCUT2D eigenvalue weighted by Gasteiger charge is -2.11. The molecule has 88 valence electrons. The van der Waals surface area contributed by atoms with Gasteiger partial charge in [0, 0.05) is 19.3 Å². The normalized spacial score (nSPS) is 22.4. The maximum atomic E-state index is 12.1. The number of nitrogens with one attached hydrogen (secondary N) is 1. The Morgan fingerprint density at radius 1 is 1.59 bits per heavy atom. The number of hydrogen-bond acceptors (Lipinski definition) is 3. The van der Waals surface area contributed by atoms with Crippen molar-refractivity contribution in [3.63, 3.8) is 0 Å². The van der Waals surface area contributed by atoms with Gasteiger partial charge in [0.1, 0.15) is 5.70 Å². The molecule has 3 rings (SSSR count). The maximum absolute atomic E-state index is 12.1. The van der Waals surface area contributed by atoms with Crippen molar-refractivity contribution in [2.45, 2.75) is 18.9 Å². The summed E-state index contributed by atoms with van der Waals surface area (Å²) >= 11 is 5.16. The zero-order chi connectivity index (χ0) is 12.0. The van der Waals surface area contributed by atoms with Crippen molar-refractivity contribution in [3.8, 4) is 0 Å². The van der Waals surface area contributed by atoms with Gasteiger partial charge in [-0.3, -0.25) is 14.4 Å². The summed E-state index contributed by atoms with van der Waals surface area (Å²) in [7, 11) is 1.84. The van der Waals surface area contributed by atoms with Gasteiger partial charge < -0.3 is 5.32 Å². The summed E-state index contributed by atoms with van der Waals surface area (Å²) < 4.78 is 1.70. The quantitative estimate of drug-likeness (QED) is 0.616. The van der Waals surface area contributed by atoms with Crippen molar-refractivity contribution in [2.24, 2.45) is 7.05 Å². The molecule has 6 heteroatoms. The highest BCUT2D eigenvalue weighted by Crippen LogP contribution is 2.30. The molecule has 0 bridgehead atoms. The van der Waals surface area contributed by atoms with E-state index in [4.69, 9.17) is 12.2 Å². The first-order valence-electron chi connectivity index (χ1n) is 5.51. The van der Waals surface area contributed by atoms with E-state index in [1.54, 1.807) is 15.7 Å². The summed E-state index contributed by atoms with van der Waals surface area (Å²) in [5.41, 5.74) is 1.27. The minimum absolute atomic E-state index is 0.0387. The van der Waals surface area contributed by atoms with Crippen LogP contribution >= 0.6 is 12.2 Å². The van der Waals surface area contributed by atoms with Crippen molar-refractivity contribution >= 4 is 29.3 Å². The second-order valence-corrected chi connectivity index (χ2v) is 4.70. The summed E-state index contributed by atoms with van der Waals surface area (Å²) in [4.78, 5) is 13.8. The van der Waals surface area contributed by atoms with E-state index in [1.807, 2.05) is 19.3 Å². The van der Waals surface area contributed by atoms with Gasteiger partial charge in [-0.15, -0.1) is 0 Å². The molecular formula is C11H12N4OS. The topological polar surface area (TPSA) is 50.2 Å². The minimum atomic E-state index is -0.0387. The van der Waals surface area contributed by atoms with E-state index in [0.29, 0.717) is 16.9 Å². The second-order valence-electron chi connectivity index (χ2n) is 4.31. The third-order valence-corrected chi connectivity index (χ3v) is 3.15. The van der Waals surface area contributed by atoms with Gasteiger partial charge in [0.15, 0.2) is 5.11 Å². The summed E-state index contributed by atoms with van der Waals surface area (Å²) in [6, 6.07) is 2.15. The van der Waals surface area contributed by atoms with Gasteiger partial charge in [-0.2, -0.15) is 5.10 Å². The first kappa shape index (κ1) is 10.5. The molecule has 1 aliphatic heterocycles. The number of thiocarbonyl (C=S) groups is 1. The predicted molar refractivity (Wildman–Crippen MR) is 66.8 cm³/mol. The van der Waals surface area contributed by atoms with E-state index in [9.17, 15) is 4.79 Å². The summed E-state index contributed by atoms with van der Waals surface area (Å²) in [6.07, 6.45) is 5.66. The van der Waals surface area contributed by atoms with Crippen LogP contribution < -0.4 is 5.32 Å². The Bertz CT molecular complexity index is 529. The Balaban J connectivity index is 1.87. The number of carbonyl (C=O) groups is 1. The molecule has 0 atom stereocenters. The van der Waals surface area contributed by atoms with E-state index in [0.717, 1.165) is 18.5 Å². The highest BCUT2D eigenvalue weighted by atomic mass is 32.1. The van der Waals surface area contributed by atoms with E-state index in [2.05, 4.69) is 10.4 Å². The second kappa shape index (κ2) is 3.66. The number of nitrogens with zero attached hydrogens (tertiary/aromatic N) is 3. The van der Waals surface area contributed by atoms with Crippen LogP contribution in [0.25, 0.3) is 6.08 Å². The van der Waals surface area contributed by atoms with Gasteiger partial charge in [0.2, 0.25) is 0 Å². The Morgan fingerprint density at radius 2 is 2.35 bits per heavy atom. The Morgan fingerprint density at radius 3 is 2.94 bits per heavy atom. The molecule has 1 saturated carbocycles. The molecule has 1 aromatic rings. The number of aryl methyl sites for hydroxylation is 1. The lowest BCUT2D eigenvalue weighted by Crippen LogP contribution is -2.32. The van der Waals surface area contributed by atoms with Crippen LogP contribution in [0.15, 0.2) is 18.0 Å². The largest absolute Gasteiger partial charge is 0.328 e. The molecule has 0 unspecified atom stereocenters. The molecule has 1 N–H and O–H groups in total. The molecule has 0 radical (unpaired) electrons. The first-order chi connectivity index (χ1) is 8.15. The lowest BCUT2D eigenvalue weighted by molar-refractivity contribution is -0.122. The zero-order valence-electron chi connectivity index (χ0n) is 9.38. The average molecular weight is 248 g/mol. The van der Waals surface area contributed by atoms with Crippen molar-refractivity contribution < 1.29 is 4.79 Å². The fraction of sp³-hybridized carbons (Fsp3) is 0.364. The third kappa shape index (κ3) is 1.84. The molecule has 2 aliphatic rings. The van der Waals surface area contributed by atoms with Crippen LogP contribution in [0.2, 0.25) is 0 Å². The van der Waals surface area contributed by atoms with E-state index < -0.39 is 0 Å². The van der Waals surface area contributed by atoms with Gasteiger partial charge >= 0.3 is 0 Å². The van der Waals surface area contributed by atoms with Crippen molar-refractivity contribution in [1.29, 1.82) is 0 Å². The van der Waals surface area contributed by atoms with Crippen LogP contribution in [0.4, 0.5) is 0 Å². The van der Waals surface area contributed by atoms with E-state index in [1.165, 1.54) is 0 Å². The Kier molecular flexibility index (Phi) is 2.25. The molecule has 1 aromatic heterocycles. The van der Waals surface area contributed by atoms with E-state index in [-0.39, 0.29) is 5.91 Å². The standard InChI is InChI=1S/C11H12N4OS/c1-14-5-4-7(13-14)6-9-10(16)15(8-2-3-8)11(17)12-9/h4-6,8H,2-3H2,1H3,(H,12,17)/b9-6+. The minimum Gasteiger partial charge on any atom is -0.328 e. The highest BCUT2D eigenvalue weighted by molar-refractivity contribution is 7.80. The van der Waals surface area contributed by atoms with Crippen LogP contribution in [0.3, 0.4) is 0 Å². The fourth-order valence-corrected chi connectivity index (χ4v) is 2.21. The summed E-state index contributed by atoms with van der Waals surface area (Å²) in [5.74, 6) is -0.0387. The van der Waals surface area contributed by atoms with Crippen LogP contribution in [0, 0.1) is 0 Å². The van der Waals surface area contributed by atoms with Crippen molar-refractivity contribution in [3.05, 3.63) is 23.7 Å². The molecule has 1 aliphatic carbocycles. The molecular weight excluding hydrogens is 236 g/mol. The SMILES string of the molecule is Cn1ccc(/C=C2/NC(=S)N(C3CC3)C2=O)n1.